The number of nitrogens with zero attached hydrogens (tertiary/aromatic N) is 6. The molecule has 6 amide bonds. The van der Waals surface area contributed by atoms with Gasteiger partial charge in [-0.15, -0.1) is 6.42 Å². The number of methoxy groups -OCH3 is 1. The van der Waals surface area contributed by atoms with E-state index in [0.29, 0.717) is 24.9 Å². The number of likely N-dealkylation sites (tertiary alicyclic amines) is 1. The molecule has 1 aliphatic carbocycles. The van der Waals surface area contributed by atoms with E-state index in [0.717, 1.165) is 28.3 Å². The fourth-order valence-electron chi connectivity index (χ4n) is 13.3. The summed E-state index contributed by atoms with van der Waals surface area (Å²) in [6, 6.07) is 21.8. The van der Waals surface area contributed by atoms with E-state index >= 15 is 8.78 Å². The Hall–Kier alpha value is -10.3. The first kappa shape index (κ1) is 65.2. The molecule has 26 heteroatoms. The lowest BCUT2D eigenvalue weighted by Crippen LogP contribution is -2.56. The summed E-state index contributed by atoms with van der Waals surface area (Å²) in [4.78, 5) is 98.5. The fraction of sp³-hybridized carbons (Fsp3) is 0.368. The maximum atomic E-state index is 17.7. The van der Waals surface area contributed by atoms with Gasteiger partial charge in [0.05, 0.1) is 37.8 Å². The third-order valence-electron chi connectivity index (χ3n) is 18.0. The van der Waals surface area contributed by atoms with Gasteiger partial charge in [-0.2, -0.15) is 9.97 Å². The van der Waals surface area contributed by atoms with Gasteiger partial charge in [0.25, 0.3) is 0 Å². The molecule has 3 fully saturated rings. The van der Waals surface area contributed by atoms with Crippen LogP contribution in [0.4, 0.5) is 38.7 Å². The van der Waals surface area contributed by atoms with Crippen LogP contribution in [0.3, 0.4) is 0 Å². The molecule has 11 rings (SSSR count). The van der Waals surface area contributed by atoms with Crippen LogP contribution in [0, 0.1) is 35.3 Å². The summed E-state index contributed by atoms with van der Waals surface area (Å²) in [7, 11) is 3.12. The zero-order chi connectivity index (χ0) is 66.9. The number of alkyl halides is 2. The number of aromatic hydroxyl groups is 1. The van der Waals surface area contributed by atoms with Crippen molar-refractivity contribution in [2.24, 2.45) is 17.1 Å². The Bertz CT molecular complexity index is 4120. The number of phenols is 1. The molecule has 3 saturated heterocycles. The van der Waals surface area contributed by atoms with Crippen LogP contribution in [0.1, 0.15) is 74.6 Å². The summed E-state index contributed by atoms with van der Waals surface area (Å²) in [5.41, 5.74) is 8.24. The molecule has 4 aliphatic rings. The number of alkyl carbamates (subject to hydrolysis) is 1. The van der Waals surface area contributed by atoms with Crippen LogP contribution < -0.4 is 41.4 Å². The zero-order valence-electron chi connectivity index (χ0n) is 52.0. The number of hydrogen-bond acceptors (Lipinski definition) is 16. The Morgan fingerprint density at radius 3 is 2.12 bits per heavy atom. The predicted octanol–water partition coefficient (Wildman–Crippen LogP) is 8.14. The lowest BCUT2D eigenvalue weighted by atomic mass is 9.73. The summed E-state index contributed by atoms with van der Waals surface area (Å²) >= 11 is 0. The average Bonchev–Trinajstić information content (AvgIpc) is 1.18. The Morgan fingerprint density at radius 2 is 1.47 bits per heavy atom. The number of ether oxygens (including phenoxy) is 4. The van der Waals surface area contributed by atoms with E-state index < -0.39 is 108 Å². The maximum Gasteiger partial charge on any atom is 0.410 e. The number of nitrogens with one attached hydrogen (secondary N) is 4. The van der Waals surface area contributed by atoms with Gasteiger partial charge in [0.1, 0.15) is 65.3 Å². The highest BCUT2D eigenvalue weighted by Gasteiger charge is 2.47. The first-order valence-corrected chi connectivity index (χ1v) is 30.6. The predicted molar refractivity (Wildman–Crippen MR) is 339 cm³/mol. The number of piperidine rings is 1. The van der Waals surface area contributed by atoms with E-state index in [2.05, 4.69) is 37.2 Å². The number of hydrogen-bond donors (Lipinski definition) is 6. The highest BCUT2D eigenvalue weighted by molar-refractivity contribution is 6.05. The number of fused-ring (bicyclic) bond motifs is 7. The summed E-state index contributed by atoms with van der Waals surface area (Å²) < 4.78 is 85.7. The molecule has 7 N–H and O–H groups in total. The number of aromatic nitrogens is 3. The van der Waals surface area contributed by atoms with Crippen LogP contribution >= 0.6 is 0 Å². The minimum atomic E-state index is -2.66. The average molecular weight is 1290 g/mol. The molecular formula is C68H69F4N11O11. The summed E-state index contributed by atoms with van der Waals surface area (Å²) in [5.74, 6) is -4.37. The number of benzene rings is 5. The van der Waals surface area contributed by atoms with Crippen LogP contribution in [0.5, 0.6) is 17.6 Å². The second-order valence-electron chi connectivity index (χ2n) is 24.5. The number of phenolic OH excluding ortho intramolecular Hbond substituents is 1. The van der Waals surface area contributed by atoms with Gasteiger partial charge in [-0.05, 0) is 110 Å². The number of piperazine rings is 1. The summed E-state index contributed by atoms with van der Waals surface area (Å²) in [6.45, 7) is 5.00. The first-order valence-electron chi connectivity index (χ1n) is 30.6. The molecule has 7 aromatic rings. The third-order valence-corrected chi connectivity index (χ3v) is 18.0. The van der Waals surface area contributed by atoms with Crippen LogP contribution in [0.25, 0.3) is 44.1 Å². The normalized spacial score (nSPS) is 19.3. The molecule has 94 heavy (non-hydrogen) atoms. The van der Waals surface area contributed by atoms with Crippen molar-refractivity contribution in [3.8, 4) is 52.4 Å². The van der Waals surface area contributed by atoms with Crippen LogP contribution in [-0.2, 0) is 35.3 Å². The maximum absolute atomic E-state index is 17.7. The fourth-order valence-corrected chi connectivity index (χ4v) is 13.3. The van der Waals surface area contributed by atoms with Crippen LogP contribution in [0.15, 0.2) is 97.1 Å². The number of primary amides is 1. The van der Waals surface area contributed by atoms with E-state index in [1.807, 2.05) is 65.4 Å². The van der Waals surface area contributed by atoms with Gasteiger partial charge in [-0.1, -0.05) is 79.6 Å². The second-order valence-corrected chi connectivity index (χ2v) is 24.5. The van der Waals surface area contributed by atoms with Crippen LogP contribution in [-0.4, -0.2) is 156 Å². The van der Waals surface area contributed by atoms with Gasteiger partial charge in [0, 0.05) is 53.5 Å². The van der Waals surface area contributed by atoms with Crippen molar-refractivity contribution in [1.29, 1.82) is 0 Å². The van der Waals surface area contributed by atoms with Crippen molar-refractivity contribution < 1.29 is 70.4 Å². The number of anilines is 2. The van der Waals surface area contributed by atoms with Gasteiger partial charge in [-0.3, -0.25) is 24.1 Å². The molecule has 0 spiro atoms. The van der Waals surface area contributed by atoms with E-state index in [4.69, 9.17) is 36.1 Å². The molecule has 2 bridgehead atoms. The Balaban J connectivity index is 0.729. The largest absolute Gasteiger partial charge is 0.508 e. The van der Waals surface area contributed by atoms with Crippen molar-refractivity contribution in [3.05, 3.63) is 131 Å². The molecule has 2 unspecified atom stereocenters. The number of halogens is 4. The zero-order valence-corrected chi connectivity index (χ0v) is 52.0. The molecule has 7 atom stereocenters. The van der Waals surface area contributed by atoms with E-state index in [1.54, 1.807) is 24.0 Å². The lowest BCUT2D eigenvalue weighted by molar-refractivity contribution is -0.132. The van der Waals surface area contributed by atoms with E-state index in [-0.39, 0.29) is 114 Å². The van der Waals surface area contributed by atoms with Crippen molar-refractivity contribution in [3.63, 3.8) is 0 Å². The number of nitrogens with two attached hydrogens (primary N) is 1. The number of rotatable bonds is 20. The van der Waals surface area contributed by atoms with Crippen molar-refractivity contribution in [1.82, 2.24) is 40.7 Å². The highest BCUT2D eigenvalue weighted by Crippen LogP contribution is 2.47. The van der Waals surface area contributed by atoms with E-state index in [1.165, 1.54) is 51.3 Å². The molecular weight excluding hydrogens is 1220 g/mol. The molecule has 5 heterocycles. The smallest absolute Gasteiger partial charge is 0.410 e. The number of carbonyl (C=O) groups is 6. The number of carbonyl (C=O) groups excluding carboxylic acids is 6. The molecule has 2 aromatic heterocycles. The molecule has 0 radical (unpaired) electrons. The minimum Gasteiger partial charge on any atom is -0.508 e. The van der Waals surface area contributed by atoms with Crippen LogP contribution in [0.2, 0.25) is 0 Å². The molecule has 22 nitrogen and oxygen atoms in total. The summed E-state index contributed by atoms with van der Waals surface area (Å²) in [6.07, 6.45) is 2.33. The SMILES string of the molecule is C#Cc1c(F)ccc2cc(O)cc(-c3nc(OC)c4c(N5CC6CCC(C5)N6C(=O)OCc5ccc(NC(=O)[C@H](CC(N)=O)NC(=O)[C@H](C)NC(=O)[C@H](C)NC(=O)OCC6c7ccccc7-c7ccccc76)cc5)nc(OC[C@]5(C)CN(C)CC[C@@H]5C(F)F)nc4c3F)c12. The van der Waals surface area contributed by atoms with Crippen molar-refractivity contribution in [2.45, 2.75) is 95.6 Å². The Kier molecular flexibility index (Phi) is 18.8. The molecule has 3 aliphatic heterocycles. The Morgan fingerprint density at radius 1 is 0.809 bits per heavy atom. The van der Waals surface area contributed by atoms with Gasteiger partial charge in [-0.25, -0.2) is 32.1 Å². The lowest BCUT2D eigenvalue weighted by Gasteiger charge is -2.44. The number of pyridine rings is 1. The number of amides is 6. The standard InChI is InChI=1S/C68H69F4N11O11/c1-7-43-51(69)23-18-38-26-42(84)27-48(54(38)43)57-56(70)58-55(64(78-57)91-6)60(80-65(79-58)94-34-68(4)33-81(5)25-24-50(68)59(71)72)82-29-40-21-22-41(30-82)83(40)67(90)93-31-37-16-19-39(20-17-37)76-63(88)52(28-53(73)85)77-62(87)35(2)74-61(86)36(3)75-66(89)92-32-49-46-14-10-8-12-44(46)45-13-9-11-15-47(45)49/h1,8-20,23,26-27,35-36,40-41,49-50,52,59,84H,21-22,24-25,28-34H2,2-6H3,(H2,73,85)(H,74,86)(H,75,89)(H,76,88)(H,77,87)/t35-,36-,40?,41?,50+,52-,68-/m0/s1. The van der Waals surface area contributed by atoms with E-state index in [9.17, 15) is 42.7 Å². The quantitative estimate of drug-likeness (QED) is 0.0310. The van der Waals surface area contributed by atoms with Gasteiger partial charge < -0.3 is 60.9 Å². The number of terminal acetylenes is 1. The van der Waals surface area contributed by atoms with Gasteiger partial charge in [0.2, 0.25) is 35.9 Å². The molecule has 5 aromatic carbocycles. The Labute approximate surface area is 537 Å². The first-order chi connectivity index (χ1) is 45.0. The second kappa shape index (κ2) is 27.1. The topological polar surface area (TPSA) is 282 Å². The van der Waals surface area contributed by atoms with Crippen molar-refractivity contribution in [2.75, 3.05) is 63.8 Å². The van der Waals surface area contributed by atoms with Gasteiger partial charge >= 0.3 is 18.2 Å². The highest BCUT2D eigenvalue weighted by atomic mass is 19.3. The van der Waals surface area contributed by atoms with Gasteiger partial charge in [0.15, 0.2) is 5.82 Å². The monoisotopic (exact) mass is 1290 g/mol. The van der Waals surface area contributed by atoms with Crippen molar-refractivity contribution >= 4 is 69.0 Å². The third kappa shape index (κ3) is 13.3. The molecule has 490 valence electrons. The summed E-state index contributed by atoms with van der Waals surface area (Å²) in [5, 5.41) is 21.3. The minimum absolute atomic E-state index is 0.00651. The molecule has 0 saturated carbocycles.